The van der Waals surface area contributed by atoms with Gasteiger partial charge in [-0.2, -0.15) is 13.2 Å². The van der Waals surface area contributed by atoms with Gasteiger partial charge in [-0.1, -0.05) is 41.5 Å². The molecular weight excluding hydrogens is 549 g/mol. The summed E-state index contributed by atoms with van der Waals surface area (Å²) in [6.07, 6.45) is -7.85. The van der Waals surface area contributed by atoms with Crippen molar-refractivity contribution in [2.45, 2.75) is 109 Å². The Balaban J connectivity index is 2.04. The topological polar surface area (TPSA) is 87.4 Å². The highest BCUT2D eigenvalue weighted by Gasteiger charge is 2.54. The summed E-state index contributed by atoms with van der Waals surface area (Å²) < 4.78 is 71.3. The quantitative estimate of drug-likeness (QED) is 0.284. The normalized spacial score (nSPS) is 23.4. The van der Waals surface area contributed by atoms with Crippen LogP contribution in [0.25, 0.3) is 11.0 Å². The van der Waals surface area contributed by atoms with E-state index in [4.69, 9.17) is 22.7 Å². The molecule has 1 N–H and O–H groups in total. The monoisotopic (exact) mass is 590 g/mol. The maximum atomic E-state index is 13.5. The molecule has 1 fully saturated rings. The number of hydrogen-bond donors (Lipinski definition) is 1. The van der Waals surface area contributed by atoms with Crippen LogP contribution in [0, 0.1) is 0 Å². The molecule has 2 aromatic rings. The number of halogens is 3. The van der Waals surface area contributed by atoms with Gasteiger partial charge in [-0.3, -0.25) is 0 Å². The Morgan fingerprint density at radius 1 is 0.897 bits per heavy atom. The van der Waals surface area contributed by atoms with Crippen LogP contribution in [-0.2, 0) is 19.8 Å². The summed E-state index contributed by atoms with van der Waals surface area (Å²) in [4.78, 5) is 11.9. The van der Waals surface area contributed by atoms with Gasteiger partial charge in [0, 0.05) is 17.5 Å². The Morgan fingerprint density at radius 3 is 1.92 bits per heavy atom. The lowest BCUT2D eigenvalue weighted by Crippen LogP contribution is -2.54. The summed E-state index contributed by atoms with van der Waals surface area (Å²) in [6.45, 7) is 20.7. The fraction of sp³-hybridized carbons (Fsp3) is 0.667. The molecule has 0 spiro atoms. The van der Waals surface area contributed by atoms with Crippen LogP contribution in [-0.4, -0.2) is 53.0 Å². The lowest BCUT2D eigenvalue weighted by Gasteiger charge is -2.43. The molecule has 12 heteroatoms. The second kappa shape index (κ2) is 10.6. The predicted octanol–water partition coefficient (Wildman–Crippen LogP) is 6.69. The Kier molecular flexibility index (Phi) is 8.65. The van der Waals surface area contributed by atoms with Crippen LogP contribution in [0.3, 0.4) is 0 Å². The van der Waals surface area contributed by atoms with Crippen LogP contribution >= 0.6 is 0 Å². The summed E-state index contributed by atoms with van der Waals surface area (Å²) in [5.41, 5.74) is -2.47. The van der Waals surface area contributed by atoms with Crippen molar-refractivity contribution in [2.24, 2.45) is 0 Å². The van der Waals surface area contributed by atoms with Crippen molar-refractivity contribution in [3.8, 4) is 5.75 Å². The van der Waals surface area contributed by atoms with E-state index in [9.17, 15) is 23.1 Å². The summed E-state index contributed by atoms with van der Waals surface area (Å²) >= 11 is 0. The van der Waals surface area contributed by atoms with E-state index in [1.54, 1.807) is 0 Å². The fourth-order valence-corrected chi connectivity index (χ4v) is 6.42. The molecule has 220 valence electrons. The van der Waals surface area contributed by atoms with Gasteiger partial charge < -0.3 is 27.8 Å². The standard InChI is InChI=1S/C27H41F3O7Si2/c1-25(2,3)38(7,8)36-22-20(15-31)35-24(23(22)37-39(9,10)26(4,5)6)33-16-11-12-17-18(27(28,29)30)14-21(32)34-19(17)13-16/h11-14,20,22-24,31H,15H2,1-10H3/t20-,22?,23?,24?/m1/s1. The van der Waals surface area contributed by atoms with Gasteiger partial charge in [-0.25, -0.2) is 4.79 Å². The Labute approximate surface area is 229 Å². The van der Waals surface area contributed by atoms with Gasteiger partial charge >= 0.3 is 11.8 Å². The highest BCUT2D eigenvalue weighted by atomic mass is 28.4. The average molecular weight is 591 g/mol. The number of fused-ring (bicyclic) bond motifs is 1. The average Bonchev–Trinajstić information content (AvgIpc) is 3.05. The van der Waals surface area contributed by atoms with Crippen LogP contribution in [0.15, 0.2) is 33.5 Å². The number of aliphatic hydroxyl groups excluding tert-OH is 1. The zero-order valence-electron chi connectivity index (χ0n) is 24.4. The molecule has 1 aromatic carbocycles. The molecule has 0 saturated carbocycles. The molecule has 1 aromatic heterocycles. The summed E-state index contributed by atoms with van der Waals surface area (Å²) in [5, 5.41) is 9.69. The number of ether oxygens (including phenoxy) is 2. The largest absolute Gasteiger partial charge is 0.462 e. The number of aliphatic hydroxyl groups is 1. The van der Waals surface area contributed by atoms with Crippen molar-refractivity contribution in [2.75, 3.05) is 6.61 Å². The second-order valence-electron chi connectivity index (χ2n) is 13.2. The first-order valence-electron chi connectivity index (χ1n) is 13.0. The zero-order chi connectivity index (χ0) is 29.8. The van der Waals surface area contributed by atoms with E-state index < -0.39 is 58.6 Å². The minimum atomic E-state index is -4.73. The van der Waals surface area contributed by atoms with Gasteiger partial charge in [0.05, 0.1) is 12.2 Å². The van der Waals surface area contributed by atoms with Crippen LogP contribution in [0.2, 0.25) is 36.3 Å². The molecule has 1 saturated heterocycles. The lowest BCUT2D eigenvalue weighted by atomic mass is 10.1. The van der Waals surface area contributed by atoms with Crippen LogP contribution in [0.5, 0.6) is 5.75 Å². The van der Waals surface area contributed by atoms with E-state index in [0.717, 1.165) is 0 Å². The number of benzene rings is 1. The summed E-state index contributed by atoms with van der Waals surface area (Å²) in [5.74, 6) is 0.128. The third-order valence-corrected chi connectivity index (χ3v) is 17.1. The van der Waals surface area contributed by atoms with Crippen molar-refractivity contribution >= 4 is 27.6 Å². The molecule has 0 amide bonds. The summed E-state index contributed by atoms with van der Waals surface area (Å²) in [6, 6.07) is 4.22. The molecule has 2 heterocycles. The van der Waals surface area contributed by atoms with Crippen molar-refractivity contribution in [1.82, 2.24) is 0 Å². The van der Waals surface area contributed by atoms with E-state index >= 15 is 0 Å². The molecule has 3 unspecified atom stereocenters. The predicted molar refractivity (Wildman–Crippen MR) is 148 cm³/mol. The first kappa shape index (κ1) is 31.8. The molecule has 1 aliphatic rings. The van der Waals surface area contributed by atoms with E-state index in [0.29, 0.717) is 6.07 Å². The van der Waals surface area contributed by atoms with E-state index in [1.165, 1.54) is 18.2 Å². The Hall–Kier alpha value is -1.71. The van der Waals surface area contributed by atoms with Gasteiger partial charge in [-0.05, 0) is 48.4 Å². The maximum Gasteiger partial charge on any atom is 0.417 e. The molecule has 39 heavy (non-hydrogen) atoms. The van der Waals surface area contributed by atoms with Crippen molar-refractivity contribution < 1.29 is 41.0 Å². The molecule has 0 radical (unpaired) electrons. The van der Waals surface area contributed by atoms with E-state index in [-0.39, 0.29) is 33.4 Å². The smallest absolute Gasteiger partial charge is 0.417 e. The van der Waals surface area contributed by atoms with E-state index in [1.807, 2.05) is 0 Å². The van der Waals surface area contributed by atoms with E-state index in [2.05, 4.69) is 67.7 Å². The minimum Gasteiger partial charge on any atom is -0.462 e. The van der Waals surface area contributed by atoms with Gasteiger partial charge in [0.1, 0.15) is 29.6 Å². The molecule has 0 aliphatic carbocycles. The van der Waals surface area contributed by atoms with Gasteiger partial charge in [0.15, 0.2) is 16.6 Å². The van der Waals surface area contributed by atoms with Crippen molar-refractivity contribution in [3.05, 3.63) is 40.2 Å². The van der Waals surface area contributed by atoms with Crippen LogP contribution in [0.4, 0.5) is 13.2 Å². The SMILES string of the molecule is CC(C)(C)[Si](C)(C)OC1C(Oc2ccc3c(C(F)(F)F)cc(=O)oc3c2)O[C@H](CO)C1O[Si](C)(C)C(C)(C)C. The summed E-state index contributed by atoms with van der Waals surface area (Å²) in [7, 11) is -4.75. The molecule has 3 rings (SSSR count). The second-order valence-corrected chi connectivity index (χ2v) is 22.7. The number of rotatable bonds is 7. The molecular formula is C27H41F3O7Si2. The zero-order valence-corrected chi connectivity index (χ0v) is 26.4. The Morgan fingerprint density at radius 2 is 1.44 bits per heavy atom. The number of alkyl halides is 3. The third kappa shape index (κ3) is 6.79. The highest BCUT2D eigenvalue weighted by Crippen LogP contribution is 2.44. The van der Waals surface area contributed by atoms with Crippen molar-refractivity contribution in [1.29, 1.82) is 0 Å². The van der Waals surface area contributed by atoms with Crippen LogP contribution < -0.4 is 10.4 Å². The van der Waals surface area contributed by atoms with Gasteiger partial charge in [0.2, 0.25) is 6.29 Å². The maximum absolute atomic E-state index is 13.5. The van der Waals surface area contributed by atoms with Crippen LogP contribution in [0.1, 0.15) is 47.1 Å². The molecule has 7 nitrogen and oxygen atoms in total. The van der Waals surface area contributed by atoms with Gasteiger partial charge in [-0.15, -0.1) is 0 Å². The highest BCUT2D eigenvalue weighted by molar-refractivity contribution is 6.74. The van der Waals surface area contributed by atoms with Crippen molar-refractivity contribution in [3.63, 3.8) is 0 Å². The minimum absolute atomic E-state index is 0.125. The third-order valence-electron chi connectivity index (χ3n) is 8.19. The fourth-order valence-electron chi connectivity index (χ4n) is 3.82. The first-order valence-corrected chi connectivity index (χ1v) is 18.8. The Bertz CT molecular complexity index is 1230. The van der Waals surface area contributed by atoms with Gasteiger partial charge in [0.25, 0.3) is 0 Å². The molecule has 1 aliphatic heterocycles. The first-order chi connectivity index (χ1) is 17.6. The molecule has 0 bridgehead atoms. The lowest BCUT2D eigenvalue weighted by molar-refractivity contribution is -0.136. The molecule has 4 atom stereocenters. The number of hydrogen-bond acceptors (Lipinski definition) is 7.